The summed E-state index contributed by atoms with van der Waals surface area (Å²) in [5.74, 6) is 0.253. The lowest BCUT2D eigenvalue weighted by Crippen LogP contribution is -2.30. The summed E-state index contributed by atoms with van der Waals surface area (Å²) in [5, 5.41) is 4.78. The van der Waals surface area contributed by atoms with Crippen molar-refractivity contribution in [3.63, 3.8) is 0 Å². The highest BCUT2D eigenvalue weighted by atomic mass is 16.5. The van der Waals surface area contributed by atoms with Gasteiger partial charge in [-0.05, 0) is 42.7 Å². The summed E-state index contributed by atoms with van der Waals surface area (Å²) in [5.41, 5.74) is 2.91. The van der Waals surface area contributed by atoms with Crippen LogP contribution in [0.25, 0.3) is 21.9 Å². The predicted molar refractivity (Wildman–Crippen MR) is 111 cm³/mol. The average Bonchev–Trinajstić information content (AvgIpc) is 2.72. The molecule has 6 heteroatoms. The summed E-state index contributed by atoms with van der Waals surface area (Å²) in [6.45, 7) is 2.22. The molecular weight excluding hydrogens is 368 g/mol. The lowest BCUT2D eigenvalue weighted by atomic mass is 10.1. The van der Waals surface area contributed by atoms with Gasteiger partial charge in [0, 0.05) is 35.6 Å². The van der Waals surface area contributed by atoms with Crippen LogP contribution in [-0.2, 0) is 11.2 Å². The zero-order valence-electron chi connectivity index (χ0n) is 16.0. The van der Waals surface area contributed by atoms with Gasteiger partial charge in [0.2, 0.25) is 0 Å². The van der Waals surface area contributed by atoms with Crippen molar-refractivity contribution in [2.45, 2.75) is 13.3 Å². The van der Waals surface area contributed by atoms with Gasteiger partial charge in [-0.25, -0.2) is 4.79 Å². The standard InChI is InChI=1S/C23H20N2O4/c1-15-12-22(27)29-20-13-18(7-8-19(15)20)28-14-21(26)24-11-9-17-5-2-4-16-6-3-10-25-23(16)17/h2-8,10,12-13H,9,11,14H2,1H3,(H,24,26). The number of carbonyl (C=O) groups excluding carboxylic acids is 1. The molecule has 0 saturated heterocycles. The third-order valence-corrected chi connectivity index (χ3v) is 4.73. The number of para-hydroxylation sites is 1. The molecule has 0 aliphatic rings. The van der Waals surface area contributed by atoms with Crippen LogP contribution in [0.4, 0.5) is 0 Å². The molecule has 1 amide bonds. The first kappa shape index (κ1) is 18.7. The van der Waals surface area contributed by atoms with Crippen LogP contribution in [0.1, 0.15) is 11.1 Å². The zero-order chi connectivity index (χ0) is 20.2. The van der Waals surface area contributed by atoms with Gasteiger partial charge in [0.1, 0.15) is 11.3 Å². The van der Waals surface area contributed by atoms with Gasteiger partial charge < -0.3 is 14.5 Å². The molecule has 2 heterocycles. The quantitative estimate of drug-likeness (QED) is 0.512. The summed E-state index contributed by atoms with van der Waals surface area (Å²) in [6, 6.07) is 16.6. The van der Waals surface area contributed by atoms with E-state index in [9.17, 15) is 9.59 Å². The number of nitrogens with one attached hydrogen (secondary N) is 1. The molecule has 146 valence electrons. The van der Waals surface area contributed by atoms with Crippen LogP contribution < -0.4 is 15.7 Å². The molecule has 0 saturated carbocycles. The fourth-order valence-corrected chi connectivity index (χ4v) is 3.30. The molecule has 29 heavy (non-hydrogen) atoms. The van der Waals surface area contributed by atoms with Crippen molar-refractivity contribution in [2.75, 3.05) is 13.2 Å². The third-order valence-electron chi connectivity index (χ3n) is 4.73. The van der Waals surface area contributed by atoms with E-state index in [1.54, 1.807) is 18.3 Å². The maximum atomic E-state index is 12.1. The normalized spacial score (nSPS) is 10.9. The summed E-state index contributed by atoms with van der Waals surface area (Å²) >= 11 is 0. The molecule has 0 aliphatic heterocycles. The number of amides is 1. The van der Waals surface area contributed by atoms with Gasteiger partial charge in [-0.3, -0.25) is 9.78 Å². The van der Waals surface area contributed by atoms with Gasteiger partial charge in [0.15, 0.2) is 6.61 Å². The molecule has 4 rings (SSSR count). The smallest absolute Gasteiger partial charge is 0.336 e. The molecule has 0 unspecified atom stereocenters. The Morgan fingerprint density at radius 2 is 2.00 bits per heavy atom. The predicted octanol–water partition coefficient (Wildman–Crippen LogP) is 3.39. The molecule has 0 fully saturated rings. The van der Waals surface area contributed by atoms with Gasteiger partial charge in [-0.2, -0.15) is 0 Å². The molecule has 6 nitrogen and oxygen atoms in total. The van der Waals surface area contributed by atoms with Crippen molar-refractivity contribution in [1.82, 2.24) is 10.3 Å². The number of rotatable bonds is 6. The molecule has 2 aromatic carbocycles. The maximum Gasteiger partial charge on any atom is 0.336 e. The minimum Gasteiger partial charge on any atom is -0.484 e. The van der Waals surface area contributed by atoms with E-state index in [1.165, 1.54) is 6.07 Å². The van der Waals surface area contributed by atoms with E-state index >= 15 is 0 Å². The van der Waals surface area contributed by atoms with E-state index in [2.05, 4.69) is 10.3 Å². The molecule has 0 aliphatic carbocycles. The molecular formula is C23H20N2O4. The first-order valence-corrected chi connectivity index (χ1v) is 9.37. The van der Waals surface area contributed by atoms with Crippen molar-refractivity contribution in [1.29, 1.82) is 0 Å². The lowest BCUT2D eigenvalue weighted by Gasteiger charge is -2.09. The number of nitrogens with zero attached hydrogens (tertiary/aromatic N) is 1. The summed E-state index contributed by atoms with van der Waals surface area (Å²) in [7, 11) is 0. The molecule has 0 spiro atoms. The Hall–Kier alpha value is -3.67. The van der Waals surface area contributed by atoms with E-state index < -0.39 is 5.63 Å². The van der Waals surface area contributed by atoms with Gasteiger partial charge in [0.05, 0.1) is 5.52 Å². The second kappa shape index (κ2) is 8.14. The second-order valence-corrected chi connectivity index (χ2v) is 6.79. The number of aromatic nitrogens is 1. The van der Waals surface area contributed by atoms with Crippen LogP contribution in [-0.4, -0.2) is 24.0 Å². The van der Waals surface area contributed by atoms with Crippen molar-refractivity contribution in [3.8, 4) is 5.75 Å². The molecule has 0 radical (unpaired) electrons. The largest absolute Gasteiger partial charge is 0.484 e. The Morgan fingerprint density at radius 1 is 1.14 bits per heavy atom. The fourth-order valence-electron chi connectivity index (χ4n) is 3.30. The SMILES string of the molecule is Cc1cc(=O)oc2cc(OCC(=O)NCCc3cccc4cccnc34)ccc12. The van der Waals surface area contributed by atoms with E-state index in [-0.39, 0.29) is 12.5 Å². The van der Waals surface area contributed by atoms with Gasteiger partial charge in [-0.1, -0.05) is 24.3 Å². The number of aryl methyl sites for hydroxylation is 1. The van der Waals surface area contributed by atoms with Crippen molar-refractivity contribution < 1.29 is 13.9 Å². The molecule has 4 aromatic rings. The Bertz CT molecular complexity index is 1240. The van der Waals surface area contributed by atoms with Gasteiger partial charge in [0.25, 0.3) is 5.91 Å². The Balaban J connectivity index is 1.33. The lowest BCUT2D eigenvalue weighted by molar-refractivity contribution is -0.123. The maximum absolute atomic E-state index is 12.1. The van der Waals surface area contributed by atoms with Gasteiger partial charge in [-0.15, -0.1) is 0 Å². The van der Waals surface area contributed by atoms with Crippen molar-refractivity contribution >= 4 is 27.8 Å². The fraction of sp³-hybridized carbons (Fsp3) is 0.174. The summed E-state index contributed by atoms with van der Waals surface area (Å²) < 4.78 is 10.7. The number of fused-ring (bicyclic) bond motifs is 2. The zero-order valence-corrected chi connectivity index (χ0v) is 16.0. The van der Waals surface area contributed by atoms with Crippen molar-refractivity contribution in [2.24, 2.45) is 0 Å². The minimum absolute atomic E-state index is 0.116. The minimum atomic E-state index is -0.409. The number of ether oxygens (including phenoxy) is 1. The van der Waals surface area contributed by atoms with Crippen molar-refractivity contribution in [3.05, 3.63) is 82.3 Å². The number of hydrogen-bond acceptors (Lipinski definition) is 5. The highest BCUT2D eigenvalue weighted by molar-refractivity contribution is 5.82. The molecule has 0 atom stereocenters. The number of carbonyl (C=O) groups is 1. The number of hydrogen-bond donors (Lipinski definition) is 1. The average molecular weight is 388 g/mol. The van der Waals surface area contributed by atoms with E-state index in [1.807, 2.05) is 43.3 Å². The first-order chi connectivity index (χ1) is 14.1. The van der Waals surface area contributed by atoms with Crippen LogP contribution in [0, 0.1) is 6.92 Å². The number of benzene rings is 2. The van der Waals surface area contributed by atoms with Crippen LogP contribution >= 0.6 is 0 Å². The van der Waals surface area contributed by atoms with E-state index in [0.29, 0.717) is 24.3 Å². The molecule has 1 N–H and O–H groups in total. The van der Waals surface area contributed by atoms with Gasteiger partial charge >= 0.3 is 5.63 Å². The topological polar surface area (TPSA) is 81.4 Å². The van der Waals surface area contributed by atoms with Crippen LogP contribution in [0.2, 0.25) is 0 Å². The Morgan fingerprint density at radius 3 is 2.90 bits per heavy atom. The summed E-state index contributed by atoms with van der Waals surface area (Å²) in [6.07, 6.45) is 2.45. The highest BCUT2D eigenvalue weighted by Crippen LogP contribution is 2.22. The Kier molecular flexibility index (Phi) is 5.24. The summed E-state index contributed by atoms with van der Waals surface area (Å²) in [4.78, 5) is 28.1. The third kappa shape index (κ3) is 4.27. The second-order valence-electron chi connectivity index (χ2n) is 6.79. The number of pyridine rings is 1. The monoisotopic (exact) mass is 388 g/mol. The molecule has 0 bridgehead atoms. The highest BCUT2D eigenvalue weighted by Gasteiger charge is 2.07. The first-order valence-electron chi connectivity index (χ1n) is 9.37. The van der Waals surface area contributed by atoms with Crippen LogP contribution in [0.5, 0.6) is 5.75 Å². The molecule has 2 aromatic heterocycles. The van der Waals surface area contributed by atoms with E-state index in [4.69, 9.17) is 9.15 Å². The van der Waals surface area contributed by atoms with Crippen LogP contribution in [0.15, 0.2) is 70.0 Å². The van der Waals surface area contributed by atoms with Crippen LogP contribution in [0.3, 0.4) is 0 Å². The Labute approximate surface area is 167 Å². The van der Waals surface area contributed by atoms with E-state index in [0.717, 1.165) is 27.4 Å².